The van der Waals surface area contributed by atoms with Gasteiger partial charge in [0.25, 0.3) is 0 Å². The first-order chi connectivity index (χ1) is 12.6. The summed E-state index contributed by atoms with van der Waals surface area (Å²) in [7, 11) is 0. The van der Waals surface area contributed by atoms with Crippen LogP contribution in [0.25, 0.3) is 22.5 Å². The number of nitrogens with one attached hydrogen (secondary N) is 1. The molecule has 3 N–H and O–H groups in total. The highest BCUT2D eigenvalue weighted by atomic mass is 19.1. The Kier molecular flexibility index (Phi) is 3.88. The maximum atomic E-state index is 13.3. The molecule has 0 saturated carbocycles. The predicted molar refractivity (Wildman–Crippen MR) is 93.3 cm³/mol. The summed E-state index contributed by atoms with van der Waals surface area (Å²) in [6.45, 7) is 0. The van der Waals surface area contributed by atoms with Crippen LogP contribution in [0.4, 0.5) is 10.3 Å². The number of amides is 1. The summed E-state index contributed by atoms with van der Waals surface area (Å²) < 4.78 is 14.9. The highest BCUT2D eigenvalue weighted by Gasteiger charge is 2.19. The van der Waals surface area contributed by atoms with E-state index < -0.39 is 0 Å². The SMILES string of the molecule is Nc1nccc(-c2cn(C3=NNC(=O)CC3)nc2-c2ccc(F)cc2)n1. The van der Waals surface area contributed by atoms with E-state index >= 15 is 0 Å². The number of hydrazone groups is 1. The Morgan fingerprint density at radius 3 is 2.65 bits per heavy atom. The Bertz CT molecular complexity index is 1010. The fourth-order valence-electron chi connectivity index (χ4n) is 2.67. The van der Waals surface area contributed by atoms with Gasteiger partial charge in [-0.15, -0.1) is 0 Å². The standard InChI is InChI=1S/C17H14FN7O/c18-11-3-1-10(2-4-11)16-12(13-7-8-20-17(19)21-13)9-25(24-16)14-5-6-15(26)23-22-14/h1-4,7-9H,5-6H2,(H,23,26)(H2,19,20,21). The van der Waals surface area contributed by atoms with Crippen LogP contribution in [-0.2, 0) is 4.79 Å². The molecule has 3 heterocycles. The number of rotatable bonds is 2. The van der Waals surface area contributed by atoms with Crippen molar-refractivity contribution in [1.29, 1.82) is 0 Å². The summed E-state index contributed by atoms with van der Waals surface area (Å²) in [5.41, 5.74) is 10.8. The average Bonchev–Trinajstić information content (AvgIpc) is 3.08. The molecule has 0 radical (unpaired) electrons. The van der Waals surface area contributed by atoms with Crippen molar-refractivity contribution in [2.75, 3.05) is 5.73 Å². The highest BCUT2D eigenvalue weighted by molar-refractivity contribution is 5.93. The van der Waals surface area contributed by atoms with Gasteiger partial charge in [-0.2, -0.15) is 10.2 Å². The second-order valence-electron chi connectivity index (χ2n) is 5.71. The van der Waals surface area contributed by atoms with Crippen molar-refractivity contribution in [3.05, 3.63) is 48.5 Å². The van der Waals surface area contributed by atoms with Gasteiger partial charge in [-0.05, 0) is 30.3 Å². The number of aromatic nitrogens is 4. The molecule has 0 saturated heterocycles. The molecule has 0 bridgehead atoms. The van der Waals surface area contributed by atoms with Crippen molar-refractivity contribution < 1.29 is 9.18 Å². The Morgan fingerprint density at radius 1 is 1.15 bits per heavy atom. The number of benzene rings is 1. The van der Waals surface area contributed by atoms with Crippen LogP contribution in [0.1, 0.15) is 12.8 Å². The van der Waals surface area contributed by atoms with Crippen molar-refractivity contribution >= 4 is 17.7 Å². The van der Waals surface area contributed by atoms with Crippen molar-refractivity contribution in [3.63, 3.8) is 0 Å². The number of nitrogen functional groups attached to an aromatic ring is 1. The van der Waals surface area contributed by atoms with Crippen LogP contribution in [0, 0.1) is 5.82 Å². The third-order valence-electron chi connectivity index (χ3n) is 3.93. The average molecular weight is 351 g/mol. The van der Waals surface area contributed by atoms with Gasteiger partial charge < -0.3 is 5.73 Å². The van der Waals surface area contributed by atoms with E-state index in [-0.39, 0.29) is 17.7 Å². The van der Waals surface area contributed by atoms with Crippen molar-refractivity contribution in [2.45, 2.75) is 12.8 Å². The van der Waals surface area contributed by atoms with Gasteiger partial charge in [0.15, 0.2) is 5.84 Å². The third kappa shape index (κ3) is 3.02. The largest absolute Gasteiger partial charge is 0.368 e. The molecule has 0 spiro atoms. The minimum Gasteiger partial charge on any atom is -0.368 e. The Labute approximate surface area is 147 Å². The minimum atomic E-state index is -0.333. The number of carbonyl (C=O) groups excluding carboxylic acids is 1. The lowest BCUT2D eigenvalue weighted by molar-refractivity contribution is -0.121. The molecule has 1 aromatic carbocycles. The Hall–Kier alpha value is -3.62. The second kappa shape index (κ2) is 6.36. The normalized spacial score (nSPS) is 14.0. The Balaban J connectivity index is 1.85. The zero-order valence-corrected chi connectivity index (χ0v) is 13.6. The van der Waals surface area contributed by atoms with Crippen LogP contribution in [0.3, 0.4) is 0 Å². The molecule has 1 aliphatic rings. The first kappa shape index (κ1) is 15.9. The molecule has 9 heteroatoms. The lowest BCUT2D eigenvalue weighted by Gasteiger charge is -2.11. The molecule has 1 aliphatic heterocycles. The van der Waals surface area contributed by atoms with Gasteiger partial charge in [0.2, 0.25) is 11.9 Å². The summed E-state index contributed by atoms with van der Waals surface area (Å²) in [4.78, 5) is 19.5. The molecule has 8 nitrogen and oxygen atoms in total. The lowest BCUT2D eigenvalue weighted by Crippen LogP contribution is -2.29. The van der Waals surface area contributed by atoms with Crippen LogP contribution in [0.15, 0.2) is 47.8 Å². The quantitative estimate of drug-likeness (QED) is 0.731. The molecule has 0 unspecified atom stereocenters. The lowest BCUT2D eigenvalue weighted by atomic mass is 10.1. The predicted octanol–water partition coefficient (Wildman–Crippen LogP) is 1.80. The monoisotopic (exact) mass is 351 g/mol. The Morgan fingerprint density at radius 2 is 1.96 bits per heavy atom. The van der Waals surface area contributed by atoms with E-state index in [1.54, 1.807) is 35.3 Å². The van der Waals surface area contributed by atoms with Gasteiger partial charge in [-0.1, -0.05) is 0 Å². The molecule has 3 aromatic rings. The summed E-state index contributed by atoms with van der Waals surface area (Å²) in [5.74, 6) is 0.271. The number of halogens is 1. The van der Waals surface area contributed by atoms with E-state index in [0.29, 0.717) is 35.6 Å². The van der Waals surface area contributed by atoms with E-state index in [4.69, 9.17) is 5.73 Å². The van der Waals surface area contributed by atoms with Crippen LogP contribution in [0.2, 0.25) is 0 Å². The molecular formula is C17H14FN7O. The molecule has 26 heavy (non-hydrogen) atoms. The maximum Gasteiger partial charge on any atom is 0.240 e. The number of hydrogen-bond acceptors (Lipinski definition) is 6. The number of hydrogen-bond donors (Lipinski definition) is 2. The van der Waals surface area contributed by atoms with Gasteiger partial charge in [-0.25, -0.2) is 24.5 Å². The number of carbonyl (C=O) groups is 1. The van der Waals surface area contributed by atoms with Gasteiger partial charge >= 0.3 is 0 Å². The maximum absolute atomic E-state index is 13.3. The second-order valence-corrected chi connectivity index (χ2v) is 5.71. The van der Waals surface area contributed by atoms with E-state index in [1.165, 1.54) is 12.1 Å². The van der Waals surface area contributed by atoms with Gasteiger partial charge in [0.05, 0.1) is 5.69 Å². The van der Waals surface area contributed by atoms with Crippen molar-refractivity contribution in [2.24, 2.45) is 5.10 Å². The van der Waals surface area contributed by atoms with E-state index in [2.05, 4.69) is 25.6 Å². The highest BCUT2D eigenvalue weighted by Crippen LogP contribution is 2.30. The summed E-state index contributed by atoms with van der Waals surface area (Å²) in [6.07, 6.45) is 4.11. The third-order valence-corrected chi connectivity index (χ3v) is 3.93. The van der Waals surface area contributed by atoms with E-state index in [0.717, 1.165) is 5.56 Å². The zero-order chi connectivity index (χ0) is 18.1. The number of anilines is 1. The van der Waals surface area contributed by atoms with Crippen LogP contribution in [0.5, 0.6) is 0 Å². The van der Waals surface area contributed by atoms with Crippen molar-refractivity contribution in [3.8, 4) is 22.5 Å². The smallest absolute Gasteiger partial charge is 0.240 e. The minimum absolute atomic E-state index is 0.136. The van der Waals surface area contributed by atoms with Crippen LogP contribution in [-0.4, -0.2) is 31.5 Å². The molecule has 130 valence electrons. The van der Waals surface area contributed by atoms with E-state index in [9.17, 15) is 9.18 Å². The van der Waals surface area contributed by atoms with Crippen LogP contribution >= 0.6 is 0 Å². The fraction of sp³-hybridized carbons (Fsp3) is 0.118. The van der Waals surface area contributed by atoms with Gasteiger partial charge in [0, 0.05) is 36.4 Å². The summed E-state index contributed by atoms with van der Waals surface area (Å²) in [6, 6.07) is 7.73. The molecular weight excluding hydrogens is 337 g/mol. The molecule has 4 rings (SSSR count). The molecule has 0 aliphatic carbocycles. The topological polar surface area (TPSA) is 111 Å². The fourth-order valence-corrected chi connectivity index (χ4v) is 2.67. The molecule has 1 amide bonds. The number of nitrogens with two attached hydrogens (primary N) is 1. The molecule has 0 atom stereocenters. The molecule has 0 fully saturated rings. The van der Waals surface area contributed by atoms with Gasteiger partial charge in [-0.3, -0.25) is 4.79 Å². The molecule has 2 aromatic heterocycles. The first-order valence-electron chi connectivity index (χ1n) is 7.90. The zero-order valence-electron chi connectivity index (χ0n) is 13.6. The number of nitrogens with zero attached hydrogens (tertiary/aromatic N) is 5. The van der Waals surface area contributed by atoms with Crippen LogP contribution < -0.4 is 11.2 Å². The summed E-state index contributed by atoms with van der Waals surface area (Å²) in [5, 5.41) is 8.63. The van der Waals surface area contributed by atoms with Gasteiger partial charge in [0.1, 0.15) is 11.5 Å². The van der Waals surface area contributed by atoms with Crippen molar-refractivity contribution in [1.82, 2.24) is 25.2 Å². The summed E-state index contributed by atoms with van der Waals surface area (Å²) >= 11 is 0. The van der Waals surface area contributed by atoms with E-state index in [1.807, 2.05) is 0 Å². The first-order valence-corrected chi connectivity index (χ1v) is 7.90.